The van der Waals surface area contributed by atoms with Crippen LogP contribution in [-0.4, -0.2) is 40.1 Å². The zero-order chi connectivity index (χ0) is 28.3. The first-order chi connectivity index (χ1) is 18.5. The van der Waals surface area contributed by atoms with E-state index in [4.69, 9.17) is 21.1 Å². The maximum atomic E-state index is 13.4. The molecular formula is C27H26ClF3N4O4. The van der Waals surface area contributed by atoms with Crippen molar-refractivity contribution in [3.05, 3.63) is 70.2 Å². The highest BCUT2D eigenvalue weighted by Gasteiger charge is 2.29. The van der Waals surface area contributed by atoms with Gasteiger partial charge in [-0.2, -0.15) is 18.3 Å². The van der Waals surface area contributed by atoms with Gasteiger partial charge in [0.1, 0.15) is 17.5 Å². The predicted molar refractivity (Wildman–Crippen MR) is 143 cm³/mol. The summed E-state index contributed by atoms with van der Waals surface area (Å²) in [5.74, 6) is -0.380. The number of nitrogens with zero attached hydrogens (tertiary/aromatic N) is 3. The van der Waals surface area contributed by atoms with Gasteiger partial charge in [-0.25, -0.2) is 0 Å². The fourth-order valence-corrected chi connectivity index (χ4v) is 4.44. The summed E-state index contributed by atoms with van der Waals surface area (Å²) in [6, 6.07) is 9.68. The van der Waals surface area contributed by atoms with Crippen LogP contribution >= 0.6 is 11.6 Å². The Bertz CT molecular complexity index is 1570. The molecule has 2 aromatic heterocycles. The van der Waals surface area contributed by atoms with Gasteiger partial charge in [-0.15, -0.1) is 0 Å². The van der Waals surface area contributed by atoms with Crippen LogP contribution in [0.4, 0.5) is 18.9 Å². The largest absolute Gasteiger partial charge is 0.495 e. The Morgan fingerprint density at radius 3 is 2.54 bits per heavy atom. The molecule has 1 amide bonds. The molecule has 0 radical (unpaired) electrons. The van der Waals surface area contributed by atoms with Crippen molar-refractivity contribution in [2.24, 2.45) is 7.05 Å². The fourth-order valence-electron chi connectivity index (χ4n) is 4.27. The van der Waals surface area contributed by atoms with Crippen LogP contribution in [0.5, 0.6) is 11.5 Å². The smallest absolute Gasteiger partial charge is 0.422 e. The molecule has 12 heteroatoms. The summed E-state index contributed by atoms with van der Waals surface area (Å²) in [5, 5.41) is 8.25. The summed E-state index contributed by atoms with van der Waals surface area (Å²) in [5.41, 5.74) is 1.09. The van der Waals surface area contributed by atoms with E-state index in [1.807, 2.05) is 13.1 Å². The van der Waals surface area contributed by atoms with Gasteiger partial charge in [0.15, 0.2) is 6.61 Å². The van der Waals surface area contributed by atoms with Crippen molar-refractivity contribution in [3.63, 3.8) is 0 Å². The molecular weight excluding hydrogens is 537 g/mol. The van der Waals surface area contributed by atoms with Crippen molar-refractivity contribution in [2.45, 2.75) is 32.0 Å². The number of nitrogens with one attached hydrogen (secondary N) is 1. The Hall–Kier alpha value is -3.99. The molecule has 39 heavy (non-hydrogen) atoms. The molecule has 1 N–H and O–H groups in total. The van der Waals surface area contributed by atoms with Crippen LogP contribution in [0.1, 0.15) is 25.8 Å². The molecule has 0 fully saturated rings. The van der Waals surface area contributed by atoms with Crippen molar-refractivity contribution in [2.75, 3.05) is 19.0 Å². The van der Waals surface area contributed by atoms with E-state index in [2.05, 4.69) is 10.4 Å². The Balaban J connectivity index is 1.70. The molecule has 0 bridgehead atoms. The van der Waals surface area contributed by atoms with E-state index >= 15 is 0 Å². The van der Waals surface area contributed by atoms with E-state index in [-0.39, 0.29) is 27.6 Å². The Morgan fingerprint density at radius 1 is 1.10 bits per heavy atom. The van der Waals surface area contributed by atoms with Crippen LogP contribution in [0.25, 0.3) is 22.0 Å². The van der Waals surface area contributed by atoms with Gasteiger partial charge in [-0.05, 0) is 42.8 Å². The number of hydrogen-bond donors (Lipinski definition) is 1. The number of carbonyl (C=O) groups excluding carboxylic acids is 1. The predicted octanol–water partition coefficient (Wildman–Crippen LogP) is 5.99. The molecule has 206 valence electrons. The lowest BCUT2D eigenvalue weighted by molar-refractivity contribution is -0.153. The first kappa shape index (κ1) is 28.0. The molecule has 4 rings (SSSR count). The number of amides is 1. The number of halogens is 4. The second-order valence-electron chi connectivity index (χ2n) is 8.92. The second-order valence-corrected chi connectivity index (χ2v) is 9.35. The van der Waals surface area contributed by atoms with Gasteiger partial charge in [0.2, 0.25) is 5.91 Å². The van der Waals surface area contributed by atoms with Gasteiger partial charge in [0.25, 0.3) is 5.56 Å². The molecule has 1 atom stereocenters. The van der Waals surface area contributed by atoms with Crippen molar-refractivity contribution < 1.29 is 27.4 Å². The third kappa shape index (κ3) is 6.54. The number of aryl methyl sites for hydroxylation is 1. The van der Waals surface area contributed by atoms with Crippen LogP contribution < -0.4 is 20.3 Å². The number of ether oxygens (including phenoxy) is 2. The summed E-state index contributed by atoms with van der Waals surface area (Å²) < 4.78 is 51.9. The van der Waals surface area contributed by atoms with Crippen LogP contribution in [0.2, 0.25) is 5.02 Å². The SMILES string of the molecule is CCCC(C(=O)Nc1ccc2nn(C)cc2c1)n1cc(OC)c(-c2cc(Cl)ccc2OCC(F)(F)F)cc1=O. The average Bonchev–Trinajstić information content (AvgIpc) is 3.25. The molecule has 0 saturated heterocycles. The lowest BCUT2D eigenvalue weighted by Gasteiger charge is -2.21. The zero-order valence-corrected chi connectivity index (χ0v) is 22.1. The first-order valence-corrected chi connectivity index (χ1v) is 12.4. The molecule has 0 aliphatic rings. The molecule has 0 spiro atoms. The van der Waals surface area contributed by atoms with Crippen LogP contribution in [-0.2, 0) is 11.8 Å². The van der Waals surface area contributed by atoms with E-state index in [9.17, 15) is 22.8 Å². The van der Waals surface area contributed by atoms with Gasteiger partial charge in [-0.1, -0.05) is 24.9 Å². The van der Waals surface area contributed by atoms with E-state index in [1.165, 1.54) is 42.1 Å². The van der Waals surface area contributed by atoms with E-state index in [0.29, 0.717) is 18.5 Å². The molecule has 1 unspecified atom stereocenters. The van der Waals surface area contributed by atoms with E-state index < -0.39 is 30.3 Å². The summed E-state index contributed by atoms with van der Waals surface area (Å²) >= 11 is 6.11. The molecule has 0 aliphatic heterocycles. The van der Waals surface area contributed by atoms with Gasteiger partial charge in [0.05, 0.1) is 18.8 Å². The minimum Gasteiger partial charge on any atom is -0.495 e. The zero-order valence-electron chi connectivity index (χ0n) is 21.4. The maximum Gasteiger partial charge on any atom is 0.422 e. The van der Waals surface area contributed by atoms with Gasteiger partial charge in [0, 0.05) is 46.5 Å². The topological polar surface area (TPSA) is 87.4 Å². The Kier molecular flexibility index (Phi) is 8.19. The third-order valence-electron chi connectivity index (χ3n) is 5.97. The number of pyridine rings is 1. The summed E-state index contributed by atoms with van der Waals surface area (Å²) in [6.07, 6.45) is -0.422. The summed E-state index contributed by atoms with van der Waals surface area (Å²) in [7, 11) is 3.15. The van der Waals surface area contributed by atoms with Gasteiger partial charge in [-0.3, -0.25) is 18.8 Å². The highest BCUT2D eigenvalue weighted by Crippen LogP contribution is 2.38. The van der Waals surface area contributed by atoms with Gasteiger partial charge >= 0.3 is 6.18 Å². The van der Waals surface area contributed by atoms with Crippen molar-refractivity contribution >= 4 is 34.1 Å². The van der Waals surface area contributed by atoms with Crippen LogP contribution in [0, 0.1) is 0 Å². The van der Waals surface area contributed by atoms with E-state index in [0.717, 1.165) is 10.9 Å². The number of methoxy groups -OCH3 is 1. The van der Waals surface area contributed by atoms with E-state index in [1.54, 1.807) is 29.9 Å². The number of alkyl halides is 3. The summed E-state index contributed by atoms with van der Waals surface area (Å²) in [4.78, 5) is 26.7. The highest BCUT2D eigenvalue weighted by molar-refractivity contribution is 6.31. The normalized spacial score (nSPS) is 12.4. The number of hydrogen-bond acceptors (Lipinski definition) is 5. The van der Waals surface area contributed by atoms with Crippen molar-refractivity contribution in [1.29, 1.82) is 0 Å². The quantitative estimate of drug-likeness (QED) is 0.271. The second kappa shape index (κ2) is 11.4. The molecule has 2 heterocycles. The molecule has 0 aliphatic carbocycles. The highest BCUT2D eigenvalue weighted by atomic mass is 35.5. The molecule has 2 aromatic carbocycles. The Morgan fingerprint density at radius 2 is 1.85 bits per heavy atom. The molecule has 4 aromatic rings. The van der Waals surface area contributed by atoms with Crippen LogP contribution in [0.15, 0.2) is 59.7 Å². The lowest BCUT2D eigenvalue weighted by Crippen LogP contribution is -2.33. The monoisotopic (exact) mass is 562 g/mol. The standard InChI is InChI=1S/C27H26ClF3N4O4/c1-4-5-22(26(37)32-18-7-8-21-16(10-18)13-34(2)33-21)35-14-24(38-3)20(12-25(35)36)19-11-17(28)6-9-23(19)39-15-27(29,30)31/h6-14,22H,4-5,15H2,1-3H3,(H,32,37). The molecule has 0 saturated carbocycles. The molecule has 8 nitrogen and oxygen atoms in total. The maximum absolute atomic E-state index is 13.4. The minimum absolute atomic E-state index is 0.124. The van der Waals surface area contributed by atoms with Gasteiger partial charge < -0.3 is 14.8 Å². The number of aromatic nitrogens is 3. The third-order valence-corrected chi connectivity index (χ3v) is 6.21. The number of rotatable bonds is 9. The average molecular weight is 563 g/mol. The number of fused-ring (bicyclic) bond motifs is 1. The van der Waals surface area contributed by atoms with Crippen molar-refractivity contribution in [1.82, 2.24) is 14.3 Å². The minimum atomic E-state index is -4.56. The fraction of sp³-hybridized carbons (Fsp3) is 0.296. The first-order valence-electron chi connectivity index (χ1n) is 12.0. The number of anilines is 1. The van der Waals surface area contributed by atoms with Crippen LogP contribution in [0.3, 0.4) is 0 Å². The summed E-state index contributed by atoms with van der Waals surface area (Å²) in [6.45, 7) is 0.361. The number of carbonyl (C=O) groups is 1. The Labute approximate surface area is 226 Å². The lowest BCUT2D eigenvalue weighted by atomic mass is 10.0. The van der Waals surface area contributed by atoms with Crippen molar-refractivity contribution in [3.8, 4) is 22.6 Å². The number of benzene rings is 2.